The molecule has 0 saturated carbocycles. The zero-order valence-electron chi connectivity index (χ0n) is 7.33. The highest BCUT2D eigenvalue weighted by Gasteiger charge is 2.47. The smallest absolute Gasteiger partial charge is 0.426 e. The molecule has 88 valence electrons. The van der Waals surface area contributed by atoms with Gasteiger partial charge >= 0.3 is 12.1 Å². The minimum atomic E-state index is -5.58. The van der Waals surface area contributed by atoms with E-state index >= 15 is 0 Å². The third kappa shape index (κ3) is 3.14. The van der Waals surface area contributed by atoms with Crippen molar-refractivity contribution in [2.45, 2.75) is 18.8 Å². The van der Waals surface area contributed by atoms with E-state index in [0.29, 0.717) is 0 Å². The minimum Gasteiger partial charge on any atom is -0.478 e. The molecule has 0 aromatic rings. The third-order valence-corrected chi connectivity index (χ3v) is 1.43. The average molecular weight is 236 g/mol. The van der Waals surface area contributed by atoms with E-state index in [4.69, 9.17) is 5.11 Å². The second-order valence-corrected chi connectivity index (χ2v) is 2.82. The normalized spacial score (nSPS) is 18.1. The number of allylic oxidation sites excluding steroid dienone is 1. The zero-order valence-corrected chi connectivity index (χ0v) is 7.33. The number of hydrogen-bond donors (Lipinski definition) is 1. The Hall–Kier alpha value is -1.21. The van der Waals surface area contributed by atoms with Crippen LogP contribution in [0.15, 0.2) is 11.4 Å². The lowest BCUT2D eigenvalue weighted by molar-refractivity contribution is -0.146. The number of carbonyl (C=O) groups is 1. The van der Waals surface area contributed by atoms with Crippen molar-refractivity contribution in [1.82, 2.24) is 0 Å². The van der Waals surface area contributed by atoms with Crippen LogP contribution in [0.2, 0.25) is 0 Å². The van der Waals surface area contributed by atoms with Gasteiger partial charge in [-0.05, 0) is 6.92 Å². The molecule has 0 saturated heterocycles. The third-order valence-electron chi connectivity index (χ3n) is 1.43. The molecule has 0 aliphatic heterocycles. The molecule has 1 atom stereocenters. The fourth-order valence-electron chi connectivity index (χ4n) is 0.659. The van der Waals surface area contributed by atoms with E-state index in [1.54, 1.807) is 0 Å². The van der Waals surface area contributed by atoms with Crippen molar-refractivity contribution in [1.29, 1.82) is 0 Å². The number of hydrogen-bond acceptors (Lipinski definition) is 1. The quantitative estimate of drug-likeness (QED) is 0.604. The first-order valence-electron chi connectivity index (χ1n) is 3.49. The maximum atomic E-state index is 12.8. The summed E-state index contributed by atoms with van der Waals surface area (Å²) in [6, 6.07) is 0. The highest BCUT2D eigenvalue weighted by Crippen LogP contribution is 2.35. The van der Waals surface area contributed by atoms with Crippen molar-refractivity contribution in [2.75, 3.05) is 6.67 Å². The van der Waals surface area contributed by atoms with E-state index in [-0.39, 0.29) is 6.92 Å². The molecule has 0 aliphatic carbocycles. The molecule has 0 unspecified atom stereocenters. The van der Waals surface area contributed by atoms with Gasteiger partial charge in [-0.25, -0.2) is 18.0 Å². The summed E-state index contributed by atoms with van der Waals surface area (Å²) in [6.45, 7) is -1.91. The standard InChI is InChI=1S/C7H6F6O2/c1-6(10,2-8)4(9)3(5(14)15)7(11,12)13/h2H2,1H3,(H,14,15)/b4-3-/t6-/m1/s1. The van der Waals surface area contributed by atoms with Gasteiger partial charge in [-0.3, -0.25) is 0 Å². The predicted octanol–water partition coefficient (Wildman–Crippen LogP) is 2.55. The molecule has 0 fully saturated rings. The average Bonchev–Trinajstić information content (AvgIpc) is 2.00. The lowest BCUT2D eigenvalue weighted by atomic mass is 10.0. The molecule has 0 spiro atoms. The molecule has 0 aromatic heterocycles. The highest BCUT2D eigenvalue weighted by molar-refractivity contribution is 5.89. The van der Waals surface area contributed by atoms with Crippen molar-refractivity contribution in [3.05, 3.63) is 11.4 Å². The van der Waals surface area contributed by atoms with Crippen LogP contribution in [0.1, 0.15) is 6.92 Å². The van der Waals surface area contributed by atoms with Gasteiger partial charge < -0.3 is 5.11 Å². The Labute approximate surface area is 80.2 Å². The van der Waals surface area contributed by atoms with E-state index in [1.807, 2.05) is 0 Å². The number of carboxylic acid groups (broad SMARTS) is 1. The van der Waals surface area contributed by atoms with Crippen LogP contribution in [0.4, 0.5) is 26.3 Å². The van der Waals surface area contributed by atoms with E-state index in [1.165, 1.54) is 0 Å². The Morgan fingerprint density at radius 2 is 1.67 bits per heavy atom. The Balaban J connectivity index is 5.60. The molecule has 8 heteroatoms. The maximum absolute atomic E-state index is 12.8. The fourth-order valence-corrected chi connectivity index (χ4v) is 0.659. The van der Waals surface area contributed by atoms with Gasteiger partial charge in [0.1, 0.15) is 6.67 Å². The van der Waals surface area contributed by atoms with Crippen LogP contribution < -0.4 is 0 Å². The number of halogens is 6. The topological polar surface area (TPSA) is 37.3 Å². The molecule has 2 nitrogen and oxygen atoms in total. The van der Waals surface area contributed by atoms with Crippen LogP contribution >= 0.6 is 0 Å². The summed E-state index contributed by atoms with van der Waals surface area (Å²) in [5, 5.41) is 8.03. The molecule has 0 radical (unpaired) electrons. The van der Waals surface area contributed by atoms with Gasteiger partial charge in [0.25, 0.3) is 0 Å². The van der Waals surface area contributed by atoms with Crippen LogP contribution in [0, 0.1) is 0 Å². The lowest BCUT2D eigenvalue weighted by Crippen LogP contribution is -2.30. The van der Waals surface area contributed by atoms with Gasteiger partial charge in [-0.15, -0.1) is 0 Å². The Morgan fingerprint density at radius 3 is 1.87 bits per heavy atom. The number of alkyl halides is 5. The van der Waals surface area contributed by atoms with Crippen molar-refractivity contribution in [3.8, 4) is 0 Å². The van der Waals surface area contributed by atoms with Gasteiger partial charge in [0.2, 0.25) is 0 Å². The number of carboxylic acids is 1. The number of aliphatic carboxylic acids is 1. The summed E-state index contributed by atoms with van der Waals surface area (Å²) in [6.07, 6.45) is -5.58. The summed E-state index contributed by atoms with van der Waals surface area (Å²) < 4.78 is 73.1. The van der Waals surface area contributed by atoms with Crippen LogP contribution in [0.25, 0.3) is 0 Å². The van der Waals surface area contributed by atoms with Gasteiger partial charge in [0.05, 0.1) is 0 Å². The van der Waals surface area contributed by atoms with Crippen LogP contribution in [-0.4, -0.2) is 29.6 Å². The van der Waals surface area contributed by atoms with Crippen molar-refractivity contribution in [2.24, 2.45) is 0 Å². The molecule has 0 heterocycles. The van der Waals surface area contributed by atoms with Gasteiger partial charge in [-0.1, -0.05) is 0 Å². The van der Waals surface area contributed by atoms with Crippen LogP contribution in [0.5, 0.6) is 0 Å². The van der Waals surface area contributed by atoms with Crippen LogP contribution in [0.3, 0.4) is 0 Å². The first kappa shape index (κ1) is 13.8. The molecule has 0 aliphatic rings. The molecule has 15 heavy (non-hydrogen) atoms. The van der Waals surface area contributed by atoms with Gasteiger partial charge in [0.15, 0.2) is 17.1 Å². The van der Waals surface area contributed by atoms with Gasteiger partial charge in [0, 0.05) is 0 Å². The van der Waals surface area contributed by atoms with Gasteiger partial charge in [-0.2, -0.15) is 13.2 Å². The molecular formula is C7H6F6O2. The predicted molar refractivity (Wildman–Crippen MR) is 37.3 cm³/mol. The Bertz CT molecular complexity index is 290. The number of rotatable bonds is 3. The fraction of sp³-hybridized carbons (Fsp3) is 0.571. The summed E-state index contributed by atoms with van der Waals surface area (Å²) >= 11 is 0. The first-order chi connectivity index (χ1) is 6.54. The minimum absolute atomic E-state index is 0.178. The molecular weight excluding hydrogens is 230 g/mol. The maximum Gasteiger partial charge on any atom is 0.426 e. The summed E-state index contributed by atoms with van der Waals surface area (Å²) in [4.78, 5) is 10.0. The summed E-state index contributed by atoms with van der Waals surface area (Å²) in [7, 11) is 0. The largest absolute Gasteiger partial charge is 0.478 e. The van der Waals surface area contributed by atoms with E-state index < -0.39 is 35.9 Å². The molecule has 0 aromatic carbocycles. The molecule has 0 bridgehead atoms. The monoisotopic (exact) mass is 236 g/mol. The zero-order chi connectivity index (χ0) is 12.4. The van der Waals surface area contributed by atoms with Crippen LogP contribution in [-0.2, 0) is 4.79 Å². The van der Waals surface area contributed by atoms with Crippen molar-refractivity contribution in [3.63, 3.8) is 0 Å². The Morgan fingerprint density at radius 1 is 1.27 bits per heavy atom. The lowest BCUT2D eigenvalue weighted by Gasteiger charge is -2.17. The highest BCUT2D eigenvalue weighted by atomic mass is 19.4. The molecule has 1 N–H and O–H groups in total. The molecule has 0 amide bonds. The van der Waals surface area contributed by atoms with Crippen molar-refractivity contribution >= 4 is 5.97 Å². The summed E-state index contributed by atoms with van der Waals surface area (Å²) in [5.74, 6) is -5.37. The second-order valence-electron chi connectivity index (χ2n) is 2.82. The van der Waals surface area contributed by atoms with E-state index in [0.717, 1.165) is 0 Å². The van der Waals surface area contributed by atoms with Crippen molar-refractivity contribution < 1.29 is 36.2 Å². The SMILES string of the molecule is C[C@@](F)(CF)/C(F)=C(\C(=O)O)C(F)(F)F. The molecule has 0 rings (SSSR count). The second kappa shape index (κ2) is 4.11. The summed E-state index contributed by atoms with van der Waals surface area (Å²) in [5.41, 5.74) is -6.33. The Kier molecular flexibility index (Phi) is 3.78. The van der Waals surface area contributed by atoms with E-state index in [2.05, 4.69) is 0 Å². The first-order valence-corrected chi connectivity index (χ1v) is 3.49. The van der Waals surface area contributed by atoms with E-state index in [9.17, 15) is 31.1 Å².